The number of hydrogen-bond acceptors (Lipinski definition) is 3. The lowest BCUT2D eigenvalue weighted by Gasteiger charge is -2.25. The zero-order valence-electron chi connectivity index (χ0n) is 10.2. The van der Waals surface area contributed by atoms with Gasteiger partial charge >= 0.3 is 0 Å². The molecule has 1 fully saturated rings. The summed E-state index contributed by atoms with van der Waals surface area (Å²) in [5.41, 5.74) is 7.29. The molecule has 96 valence electrons. The lowest BCUT2D eigenvalue weighted by atomic mass is 9.82. The molecule has 0 bridgehead atoms. The summed E-state index contributed by atoms with van der Waals surface area (Å²) in [5.74, 6) is 1.94. The summed E-state index contributed by atoms with van der Waals surface area (Å²) in [4.78, 5) is 4.57. The minimum Gasteiger partial charge on any atom is -0.439 e. The van der Waals surface area contributed by atoms with E-state index in [4.69, 9.17) is 21.8 Å². The topological polar surface area (TPSA) is 52.0 Å². The molecule has 4 heteroatoms. The normalized spacial score (nSPS) is 24.6. The number of halogens is 1. The summed E-state index contributed by atoms with van der Waals surface area (Å²) in [6, 6.07) is 5.69. The maximum Gasteiger partial charge on any atom is 0.198 e. The summed E-state index contributed by atoms with van der Waals surface area (Å²) in [7, 11) is 0. The molecule has 1 heterocycles. The van der Waals surface area contributed by atoms with E-state index in [0.29, 0.717) is 16.9 Å². The van der Waals surface area contributed by atoms with Crippen LogP contribution in [0, 0.1) is 5.92 Å². The van der Waals surface area contributed by atoms with Crippen LogP contribution in [0.3, 0.4) is 0 Å². The summed E-state index contributed by atoms with van der Waals surface area (Å²) in [5, 5.41) is 0.641. The Morgan fingerprint density at radius 3 is 2.72 bits per heavy atom. The first kappa shape index (κ1) is 12.0. The van der Waals surface area contributed by atoms with Gasteiger partial charge in [-0.15, -0.1) is 0 Å². The molecule has 2 N–H and O–H groups in total. The molecule has 0 atom stereocenters. The quantitative estimate of drug-likeness (QED) is 0.900. The van der Waals surface area contributed by atoms with Gasteiger partial charge in [0, 0.05) is 5.92 Å². The van der Waals surface area contributed by atoms with Crippen molar-refractivity contribution in [1.82, 2.24) is 4.98 Å². The van der Waals surface area contributed by atoms with Gasteiger partial charge in [-0.25, -0.2) is 4.98 Å². The summed E-state index contributed by atoms with van der Waals surface area (Å²) in [6.45, 7) is 0.798. The fourth-order valence-electron chi connectivity index (χ4n) is 2.75. The highest BCUT2D eigenvalue weighted by Crippen LogP contribution is 2.37. The van der Waals surface area contributed by atoms with E-state index >= 15 is 0 Å². The van der Waals surface area contributed by atoms with Crippen LogP contribution in [0.2, 0.25) is 5.02 Å². The zero-order valence-corrected chi connectivity index (χ0v) is 11.0. The Morgan fingerprint density at radius 2 is 2.06 bits per heavy atom. The number of para-hydroxylation sites is 1. The van der Waals surface area contributed by atoms with E-state index in [-0.39, 0.29) is 0 Å². The second-order valence-corrected chi connectivity index (χ2v) is 5.50. The van der Waals surface area contributed by atoms with Gasteiger partial charge in [-0.2, -0.15) is 0 Å². The molecular weight excluding hydrogens is 248 g/mol. The molecule has 1 aromatic carbocycles. The molecule has 18 heavy (non-hydrogen) atoms. The number of aromatic nitrogens is 1. The first-order valence-electron chi connectivity index (χ1n) is 6.53. The molecule has 0 spiro atoms. The molecule has 3 rings (SSSR count). The second kappa shape index (κ2) is 4.90. The van der Waals surface area contributed by atoms with E-state index in [1.54, 1.807) is 0 Å². The zero-order chi connectivity index (χ0) is 12.5. The molecule has 1 aliphatic carbocycles. The third-order valence-electron chi connectivity index (χ3n) is 3.91. The van der Waals surface area contributed by atoms with Crippen molar-refractivity contribution in [1.29, 1.82) is 0 Å². The van der Waals surface area contributed by atoms with Crippen molar-refractivity contribution in [3.8, 4) is 0 Å². The van der Waals surface area contributed by atoms with Crippen molar-refractivity contribution in [3.63, 3.8) is 0 Å². The van der Waals surface area contributed by atoms with Gasteiger partial charge < -0.3 is 10.2 Å². The number of hydrogen-bond donors (Lipinski definition) is 1. The molecule has 3 nitrogen and oxygen atoms in total. The number of fused-ring (bicyclic) bond motifs is 1. The average Bonchev–Trinajstić information content (AvgIpc) is 2.84. The van der Waals surface area contributed by atoms with Crippen LogP contribution in [0.25, 0.3) is 11.1 Å². The van der Waals surface area contributed by atoms with Crippen LogP contribution < -0.4 is 5.73 Å². The Kier molecular flexibility index (Phi) is 3.27. The largest absolute Gasteiger partial charge is 0.439 e. The van der Waals surface area contributed by atoms with Crippen molar-refractivity contribution in [2.24, 2.45) is 11.7 Å². The number of rotatable bonds is 2. The molecule has 0 amide bonds. The lowest BCUT2D eigenvalue weighted by Crippen LogP contribution is -2.20. The highest BCUT2D eigenvalue weighted by molar-refractivity contribution is 6.34. The van der Waals surface area contributed by atoms with Gasteiger partial charge in [-0.1, -0.05) is 17.7 Å². The minimum absolute atomic E-state index is 0.427. The smallest absolute Gasteiger partial charge is 0.198 e. The summed E-state index contributed by atoms with van der Waals surface area (Å²) < 4.78 is 5.83. The van der Waals surface area contributed by atoms with Gasteiger partial charge in [0.1, 0.15) is 5.52 Å². The third-order valence-corrected chi connectivity index (χ3v) is 4.21. The molecule has 0 saturated heterocycles. The minimum atomic E-state index is 0.427. The second-order valence-electron chi connectivity index (χ2n) is 5.09. The Morgan fingerprint density at radius 1 is 1.28 bits per heavy atom. The van der Waals surface area contributed by atoms with Crippen LogP contribution in [0.4, 0.5) is 0 Å². The Balaban J connectivity index is 1.85. The molecular formula is C14H17ClN2O. The maximum atomic E-state index is 6.10. The number of oxazole rings is 1. The van der Waals surface area contributed by atoms with Crippen LogP contribution >= 0.6 is 11.6 Å². The summed E-state index contributed by atoms with van der Waals surface area (Å²) >= 11 is 6.10. The van der Waals surface area contributed by atoms with Gasteiger partial charge in [-0.3, -0.25) is 0 Å². The van der Waals surface area contributed by atoms with E-state index < -0.39 is 0 Å². The summed E-state index contributed by atoms with van der Waals surface area (Å²) in [6.07, 6.45) is 4.58. The maximum absolute atomic E-state index is 6.10. The van der Waals surface area contributed by atoms with E-state index in [0.717, 1.165) is 36.4 Å². The third kappa shape index (κ3) is 2.13. The van der Waals surface area contributed by atoms with E-state index in [1.807, 2.05) is 18.2 Å². The Labute approximate surface area is 111 Å². The van der Waals surface area contributed by atoms with Crippen LogP contribution in [0.1, 0.15) is 37.5 Å². The van der Waals surface area contributed by atoms with Gasteiger partial charge in [-0.05, 0) is 50.3 Å². The molecule has 2 aromatic rings. The Bertz CT molecular complexity index is 544. The first-order chi connectivity index (χ1) is 8.78. The molecule has 1 aromatic heterocycles. The molecule has 0 aliphatic heterocycles. The molecule has 1 aliphatic rings. The standard InChI is InChI=1S/C14H17ClN2O/c15-11-2-1-3-12-13(11)18-14(17-12)10-6-4-9(8-16)5-7-10/h1-3,9-10H,4-8,16H2. The number of nitrogens with two attached hydrogens (primary N) is 1. The Hall–Kier alpha value is -1.06. The highest BCUT2D eigenvalue weighted by atomic mass is 35.5. The van der Waals surface area contributed by atoms with Crippen molar-refractivity contribution in [2.45, 2.75) is 31.6 Å². The first-order valence-corrected chi connectivity index (χ1v) is 6.90. The highest BCUT2D eigenvalue weighted by Gasteiger charge is 2.25. The van der Waals surface area contributed by atoms with Crippen LogP contribution in [0.5, 0.6) is 0 Å². The predicted molar refractivity (Wildman–Crippen MR) is 72.8 cm³/mol. The lowest BCUT2D eigenvalue weighted by molar-refractivity contribution is 0.301. The predicted octanol–water partition coefficient (Wildman–Crippen LogP) is 3.71. The van der Waals surface area contributed by atoms with Crippen molar-refractivity contribution in [2.75, 3.05) is 6.54 Å². The molecule has 0 radical (unpaired) electrons. The van der Waals surface area contributed by atoms with Crippen molar-refractivity contribution in [3.05, 3.63) is 29.1 Å². The molecule has 1 saturated carbocycles. The van der Waals surface area contributed by atoms with Crippen molar-refractivity contribution < 1.29 is 4.42 Å². The van der Waals surface area contributed by atoms with E-state index in [1.165, 1.54) is 12.8 Å². The number of nitrogens with zero attached hydrogens (tertiary/aromatic N) is 1. The van der Waals surface area contributed by atoms with E-state index in [9.17, 15) is 0 Å². The monoisotopic (exact) mass is 264 g/mol. The van der Waals surface area contributed by atoms with Gasteiger partial charge in [0.25, 0.3) is 0 Å². The van der Waals surface area contributed by atoms with Crippen molar-refractivity contribution >= 4 is 22.7 Å². The van der Waals surface area contributed by atoms with E-state index in [2.05, 4.69) is 4.98 Å². The van der Waals surface area contributed by atoms with Crippen LogP contribution in [-0.4, -0.2) is 11.5 Å². The van der Waals surface area contributed by atoms with Crippen LogP contribution in [-0.2, 0) is 0 Å². The fourth-order valence-corrected chi connectivity index (χ4v) is 2.96. The average molecular weight is 265 g/mol. The molecule has 0 unspecified atom stereocenters. The van der Waals surface area contributed by atoms with Gasteiger partial charge in [0.05, 0.1) is 5.02 Å². The SMILES string of the molecule is NCC1CCC(c2nc3cccc(Cl)c3o2)CC1. The van der Waals surface area contributed by atoms with Gasteiger partial charge in [0.15, 0.2) is 11.5 Å². The van der Waals surface area contributed by atoms with Crippen LogP contribution in [0.15, 0.2) is 22.6 Å². The fraction of sp³-hybridized carbons (Fsp3) is 0.500. The number of benzene rings is 1. The van der Waals surface area contributed by atoms with Gasteiger partial charge in [0.2, 0.25) is 0 Å².